The van der Waals surface area contributed by atoms with E-state index < -0.39 is 11.9 Å². The highest BCUT2D eigenvalue weighted by atomic mass is 16.5. The van der Waals surface area contributed by atoms with Gasteiger partial charge in [0.1, 0.15) is 0 Å². The summed E-state index contributed by atoms with van der Waals surface area (Å²) in [5.41, 5.74) is 0. The third kappa shape index (κ3) is 20.2. The largest absolute Gasteiger partial charge is 0.550 e. The van der Waals surface area contributed by atoms with Crippen molar-refractivity contribution in [2.45, 2.75) is 84.0 Å². The van der Waals surface area contributed by atoms with Crippen LogP contribution in [0, 0.1) is 0 Å². The van der Waals surface area contributed by atoms with Crippen molar-refractivity contribution in [3.63, 3.8) is 0 Å². The predicted octanol–water partition coefficient (Wildman–Crippen LogP) is 4.65. The van der Waals surface area contributed by atoms with Crippen LogP contribution < -0.4 is 5.11 Å². The Morgan fingerprint density at radius 2 is 1.35 bits per heavy atom. The number of aliphatic carboxylic acids is 1. The molecule has 0 spiro atoms. The van der Waals surface area contributed by atoms with Gasteiger partial charge in [0.15, 0.2) is 0 Å². The van der Waals surface area contributed by atoms with Crippen LogP contribution in [-0.4, -0.2) is 18.5 Å². The normalized spacial score (nSPS) is 11.7. The lowest BCUT2D eigenvalue weighted by molar-refractivity contribution is -0.305. The van der Waals surface area contributed by atoms with Crippen LogP contribution in [0.3, 0.4) is 0 Å². The van der Waals surface area contributed by atoms with Crippen molar-refractivity contribution in [2.24, 2.45) is 0 Å². The summed E-state index contributed by atoms with van der Waals surface area (Å²) in [6.07, 6.45) is 23.9. The van der Waals surface area contributed by atoms with Gasteiger partial charge in [0, 0.05) is 5.97 Å². The van der Waals surface area contributed by atoms with E-state index in [0.29, 0.717) is 6.61 Å². The van der Waals surface area contributed by atoms with Crippen LogP contribution in [0.2, 0.25) is 0 Å². The smallest absolute Gasteiger partial charge is 0.306 e. The first-order chi connectivity index (χ1) is 12.7. The Balaban J connectivity index is 3.28. The molecule has 0 N–H and O–H groups in total. The number of carboxylic acid groups (broad SMARTS) is 1. The Morgan fingerprint density at radius 1 is 0.769 bits per heavy atom. The maximum absolute atomic E-state index is 11.2. The first-order valence-corrected chi connectivity index (χ1v) is 9.97. The number of carboxylic acids is 1. The first-order valence-electron chi connectivity index (χ1n) is 9.97. The van der Waals surface area contributed by atoms with Gasteiger partial charge in [-0.1, -0.05) is 69.1 Å². The number of carbonyl (C=O) groups is 2. The zero-order chi connectivity index (χ0) is 19.3. The molecule has 4 nitrogen and oxygen atoms in total. The average molecular weight is 364 g/mol. The summed E-state index contributed by atoms with van der Waals surface area (Å²) < 4.78 is 4.96. The number of carbonyl (C=O) groups excluding carboxylic acids is 2. The van der Waals surface area contributed by atoms with Gasteiger partial charge in [-0.25, -0.2) is 0 Å². The summed E-state index contributed by atoms with van der Waals surface area (Å²) in [6, 6.07) is 0. The summed E-state index contributed by atoms with van der Waals surface area (Å²) in [4.78, 5) is 21.4. The molecule has 0 unspecified atom stereocenters. The quantitative estimate of drug-likeness (QED) is 0.214. The van der Waals surface area contributed by atoms with Gasteiger partial charge < -0.3 is 14.6 Å². The minimum absolute atomic E-state index is 0.0957. The maximum Gasteiger partial charge on any atom is 0.306 e. The van der Waals surface area contributed by atoms with Crippen LogP contribution in [0.4, 0.5) is 0 Å². The summed E-state index contributed by atoms with van der Waals surface area (Å²) in [5.74, 6) is -1.67. The fourth-order valence-electron chi connectivity index (χ4n) is 2.36. The number of hydrogen-bond donors (Lipinski definition) is 0. The van der Waals surface area contributed by atoms with Crippen molar-refractivity contribution < 1.29 is 19.4 Å². The molecule has 0 atom stereocenters. The van der Waals surface area contributed by atoms with Crippen LogP contribution in [-0.2, 0) is 14.3 Å². The second-order valence-corrected chi connectivity index (χ2v) is 6.30. The summed E-state index contributed by atoms with van der Waals surface area (Å²) in [7, 11) is 0. The lowest BCUT2D eigenvalue weighted by Crippen LogP contribution is -2.23. The van der Waals surface area contributed by atoms with Gasteiger partial charge >= 0.3 is 5.97 Å². The van der Waals surface area contributed by atoms with Crippen LogP contribution >= 0.6 is 0 Å². The molecule has 0 aliphatic rings. The fraction of sp³-hybridized carbons (Fsp3) is 0.636. The molecule has 0 bridgehead atoms. The Kier molecular flexibility index (Phi) is 18.1. The zero-order valence-corrected chi connectivity index (χ0v) is 16.3. The van der Waals surface area contributed by atoms with Gasteiger partial charge in [-0.2, -0.15) is 0 Å². The Hall–Kier alpha value is -1.84. The summed E-state index contributed by atoms with van der Waals surface area (Å²) in [6.45, 7) is 2.53. The lowest BCUT2D eigenvalue weighted by Gasteiger charge is -2.05. The molecule has 0 aliphatic heterocycles. The van der Waals surface area contributed by atoms with Gasteiger partial charge in [-0.3, -0.25) is 4.79 Å². The minimum Gasteiger partial charge on any atom is -0.550 e. The Bertz CT molecular complexity index is 435. The van der Waals surface area contributed by atoms with E-state index >= 15 is 0 Å². The molecule has 148 valence electrons. The molecule has 0 fully saturated rings. The SMILES string of the molecule is CC/C=C\C/C=C\C/C=C\CCCCCCCCOC(=O)CCC(=O)[O-]. The molecule has 0 amide bonds. The number of esters is 1. The van der Waals surface area contributed by atoms with Crippen LogP contribution in [0.15, 0.2) is 36.5 Å². The van der Waals surface area contributed by atoms with E-state index in [1.54, 1.807) is 0 Å². The van der Waals surface area contributed by atoms with Crippen molar-refractivity contribution in [3.8, 4) is 0 Å². The third-order valence-corrected chi connectivity index (χ3v) is 3.84. The first kappa shape index (κ1) is 24.2. The van der Waals surface area contributed by atoms with Crippen molar-refractivity contribution in [1.82, 2.24) is 0 Å². The molecule has 4 heteroatoms. The van der Waals surface area contributed by atoms with Crippen molar-refractivity contribution in [3.05, 3.63) is 36.5 Å². The van der Waals surface area contributed by atoms with E-state index in [4.69, 9.17) is 4.74 Å². The standard InChI is InChI=1S/C22H36O4/c1-2-3-4-5-6-7-8-9-10-11-12-13-14-15-16-17-20-26-22(25)19-18-21(23)24/h3-4,6-7,9-10H,2,5,8,11-20H2,1H3,(H,23,24)/p-1/b4-3-,7-6-,10-9-. The Morgan fingerprint density at radius 3 is 2.00 bits per heavy atom. The molecule has 0 aromatic rings. The van der Waals surface area contributed by atoms with Crippen molar-refractivity contribution in [2.75, 3.05) is 6.61 Å². The van der Waals surface area contributed by atoms with Crippen LogP contribution in [0.1, 0.15) is 84.0 Å². The van der Waals surface area contributed by atoms with Gasteiger partial charge in [0.05, 0.1) is 13.0 Å². The molecule has 26 heavy (non-hydrogen) atoms. The number of allylic oxidation sites excluding steroid dienone is 6. The van der Waals surface area contributed by atoms with Crippen LogP contribution in [0.5, 0.6) is 0 Å². The molecule has 0 aliphatic carbocycles. The van der Waals surface area contributed by atoms with E-state index in [9.17, 15) is 14.7 Å². The number of hydrogen-bond acceptors (Lipinski definition) is 4. The second kappa shape index (κ2) is 19.5. The van der Waals surface area contributed by atoms with Crippen molar-refractivity contribution >= 4 is 11.9 Å². The van der Waals surface area contributed by atoms with Gasteiger partial charge in [0.2, 0.25) is 0 Å². The molecule has 0 rings (SSSR count). The number of rotatable bonds is 17. The molecule has 0 aromatic heterocycles. The molecular weight excluding hydrogens is 328 g/mol. The van der Waals surface area contributed by atoms with Gasteiger partial charge in [-0.15, -0.1) is 0 Å². The maximum atomic E-state index is 11.2. The monoisotopic (exact) mass is 363 g/mol. The van der Waals surface area contributed by atoms with Crippen molar-refractivity contribution in [1.29, 1.82) is 0 Å². The lowest BCUT2D eigenvalue weighted by atomic mass is 10.1. The molecular formula is C22H35O4-. The van der Waals surface area contributed by atoms with E-state index in [1.807, 2.05) is 0 Å². The van der Waals surface area contributed by atoms with E-state index in [0.717, 1.165) is 44.9 Å². The van der Waals surface area contributed by atoms with E-state index in [1.165, 1.54) is 19.3 Å². The van der Waals surface area contributed by atoms with Crippen LogP contribution in [0.25, 0.3) is 0 Å². The topological polar surface area (TPSA) is 66.4 Å². The van der Waals surface area contributed by atoms with E-state index in [-0.39, 0.29) is 12.8 Å². The molecule has 0 radical (unpaired) electrons. The minimum atomic E-state index is -1.21. The number of unbranched alkanes of at least 4 members (excludes halogenated alkanes) is 6. The van der Waals surface area contributed by atoms with Gasteiger partial charge in [0.25, 0.3) is 0 Å². The second-order valence-electron chi connectivity index (χ2n) is 6.30. The fourth-order valence-corrected chi connectivity index (χ4v) is 2.36. The number of ether oxygens (including phenoxy) is 1. The predicted molar refractivity (Wildman–Crippen MR) is 104 cm³/mol. The molecule has 0 saturated carbocycles. The molecule has 0 aromatic carbocycles. The zero-order valence-electron chi connectivity index (χ0n) is 16.3. The highest BCUT2D eigenvalue weighted by Crippen LogP contribution is 2.08. The Labute approximate surface area is 159 Å². The summed E-state index contributed by atoms with van der Waals surface area (Å²) >= 11 is 0. The third-order valence-electron chi connectivity index (χ3n) is 3.84. The average Bonchev–Trinajstić information content (AvgIpc) is 2.62. The van der Waals surface area contributed by atoms with Gasteiger partial charge in [-0.05, 0) is 44.9 Å². The molecule has 0 saturated heterocycles. The summed E-state index contributed by atoms with van der Waals surface area (Å²) in [5, 5.41) is 10.2. The highest BCUT2D eigenvalue weighted by molar-refractivity contribution is 5.75. The highest BCUT2D eigenvalue weighted by Gasteiger charge is 2.02. The molecule has 0 heterocycles. The van der Waals surface area contributed by atoms with E-state index in [2.05, 4.69) is 43.4 Å².